The number of aromatic nitrogens is 1. The highest BCUT2D eigenvalue weighted by molar-refractivity contribution is 5.92. The van der Waals surface area contributed by atoms with Crippen LogP contribution in [0.3, 0.4) is 0 Å². The molecule has 2 aromatic rings. The van der Waals surface area contributed by atoms with Crippen LogP contribution in [0.2, 0.25) is 0 Å². The summed E-state index contributed by atoms with van der Waals surface area (Å²) in [6.07, 6.45) is -0.559. The fourth-order valence-corrected chi connectivity index (χ4v) is 2.32. The first-order chi connectivity index (χ1) is 10.1. The second-order valence-electron chi connectivity index (χ2n) is 5.41. The van der Waals surface area contributed by atoms with Gasteiger partial charge in [0.15, 0.2) is 0 Å². The number of rotatable bonds is 6. The lowest BCUT2D eigenvalue weighted by Gasteiger charge is -2.14. The highest BCUT2D eigenvalue weighted by Crippen LogP contribution is 2.31. The Balaban J connectivity index is 2.55. The third kappa shape index (κ3) is 3.49. The van der Waals surface area contributed by atoms with Crippen molar-refractivity contribution in [2.45, 2.75) is 46.0 Å². The topological polar surface area (TPSA) is 24.9 Å². The molecule has 1 aromatic carbocycles. The van der Waals surface area contributed by atoms with E-state index in [-0.39, 0.29) is 5.69 Å². The third-order valence-electron chi connectivity index (χ3n) is 3.82. The van der Waals surface area contributed by atoms with E-state index in [2.05, 4.69) is 37.1 Å². The van der Waals surface area contributed by atoms with Crippen molar-refractivity contribution in [3.8, 4) is 0 Å². The van der Waals surface area contributed by atoms with Gasteiger partial charge in [0.25, 0.3) is 6.43 Å². The van der Waals surface area contributed by atoms with Crippen LogP contribution in [0.5, 0.6) is 0 Å². The zero-order valence-corrected chi connectivity index (χ0v) is 12.8. The van der Waals surface area contributed by atoms with Gasteiger partial charge in [-0.3, -0.25) is 0 Å². The minimum Gasteiger partial charge on any atom is -0.384 e. The molecule has 0 spiro atoms. The summed E-state index contributed by atoms with van der Waals surface area (Å²) >= 11 is 0. The Labute approximate surface area is 124 Å². The molecule has 0 aliphatic heterocycles. The van der Waals surface area contributed by atoms with Crippen LogP contribution in [0, 0.1) is 0 Å². The number of halogens is 2. The van der Waals surface area contributed by atoms with Crippen LogP contribution in [0.4, 0.5) is 14.5 Å². The largest absolute Gasteiger partial charge is 0.384 e. The molecule has 1 heterocycles. The van der Waals surface area contributed by atoms with E-state index in [1.54, 1.807) is 0 Å². The van der Waals surface area contributed by atoms with E-state index in [1.807, 2.05) is 12.1 Å². The maximum absolute atomic E-state index is 13.0. The molecule has 1 atom stereocenters. The van der Waals surface area contributed by atoms with Crippen molar-refractivity contribution in [2.24, 2.45) is 0 Å². The Morgan fingerprint density at radius 1 is 1.19 bits per heavy atom. The van der Waals surface area contributed by atoms with Crippen molar-refractivity contribution in [2.75, 3.05) is 11.9 Å². The summed E-state index contributed by atoms with van der Waals surface area (Å²) in [4.78, 5) is 4.08. The number of fused-ring (bicyclic) bond motifs is 1. The number of nitrogens with one attached hydrogen (secondary N) is 1. The maximum Gasteiger partial charge on any atom is 0.280 e. The molecule has 114 valence electrons. The lowest BCUT2D eigenvalue weighted by atomic mass is 9.96. The van der Waals surface area contributed by atoms with Gasteiger partial charge < -0.3 is 5.32 Å². The normalized spacial score (nSPS) is 12.9. The summed E-state index contributed by atoms with van der Waals surface area (Å²) in [6.45, 7) is 7.12. The molecule has 0 aliphatic carbocycles. The standard InChI is InChI=1S/C17H22F2N2/c1-4-8-20-15-10-16(17(18)19)21-14-7-6-12(9-13(14)15)11(3)5-2/h6-7,9-11,17H,4-5,8H2,1-3H3,(H,20,21). The van der Waals surface area contributed by atoms with E-state index < -0.39 is 6.43 Å². The van der Waals surface area contributed by atoms with Crippen LogP contribution in [-0.4, -0.2) is 11.5 Å². The van der Waals surface area contributed by atoms with Crippen molar-refractivity contribution < 1.29 is 8.78 Å². The summed E-state index contributed by atoms with van der Waals surface area (Å²) in [6, 6.07) is 7.38. The molecule has 2 nitrogen and oxygen atoms in total. The fourth-order valence-electron chi connectivity index (χ4n) is 2.32. The monoisotopic (exact) mass is 292 g/mol. The van der Waals surface area contributed by atoms with Gasteiger partial charge in [-0.05, 0) is 42.5 Å². The number of nitrogens with zero attached hydrogens (tertiary/aromatic N) is 1. The SMILES string of the molecule is CCCNc1cc(C(F)F)nc2ccc(C(C)CC)cc12. The zero-order valence-electron chi connectivity index (χ0n) is 12.8. The van der Waals surface area contributed by atoms with Gasteiger partial charge in [-0.2, -0.15) is 0 Å². The molecule has 2 rings (SSSR count). The van der Waals surface area contributed by atoms with Crippen molar-refractivity contribution >= 4 is 16.6 Å². The van der Waals surface area contributed by atoms with Crippen molar-refractivity contribution in [1.82, 2.24) is 4.98 Å². The number of hydrogen-bond donors (Lipinski definition) is 1. The molecule has 0 amide bonds. The summed E-state index contributed by atoms with van der Waals surface area (Å²) in [5.74, 6) is 0.447. The van der Waals surface area contributed by atoms with E-state index in [4.69, 9.17) is 0 Å². The molecule has 0 radical (unpaired) electrons. The average molecular weight is 292 g/mol. The summed E-state index contributed by atoms with van der Waals surface area (Å²) in [5, 5.41) is 4.17. The molecule has 0 aliphatic rings. The minimum atomic E-state index is -2.55. The number of benzene rings is 1. The fraction of sp³-hybridized carbons (Fsp3) is 0.471. The predicted octanol–water partition coefficient (Wildman–Crippen LogP) is 5.51. The van der Waals surface area contributed by atoms with Crippen LogP contribution < -0.4 is 5.32 Å². The zero-order chi connectivity index (χ0) is 15.4. The van der Waals surface area contributed by atoms with E-state index in [9.17, 15) is 8.78 Å². The first kappa shape index (κ1) is 15.7. The van der Waals surface area contributed by atoms with Gasteiger partial charge in [0.1, 0.15) is 5.69 Å². The Kier molecular flexibility index (Phi) is 5.10. The number of pyridine rings is 1. The molecule has 0 saturated heterocycles. The van der Waals surface area contributed by atoms with Gasteiger partial charge in [-0.1, -0.05) is 26.8 Å². The van der Waals surface area contributed by atoms with Gasteiger partial charge in [-0.15, -0.1) is 0 Å². The Morgan fingerprint density at radius 3 is 2.57 bits per heavy atom. The Morgan fingerprint density at radius 2 is 1.95 bits per heavy atom. The third-order valence-corrected chi connectivity index (χ3v) is 3.82. The van der Waals surface area contributed by atoms with E-state index >= 15 is 0 Å². The molecule has 1 unspecified atom stereocenters. The molecule has 4 heteroatoms. The molecule has 21 heavy (non-hydrogen) atoms. The summed E-state index contributed by atoms with van der Waals surface area (Å²) < 4.78 is 25.9. The molecule has 1 aromatic heterocycles. The van der Waals surface area contributed by atoms with Crippen LogP contribution in [0.25, 0.3) is 10.9 Å². The van der Waals surface area contributed by atoms with Gasteiger partial charge in [0.05, 0.1) is 5.52 Å². The highest BCUT2D eigenvalue weighted by atomic mass is 19.3. The molecule has 1 N–H and O–H groups in total. The van der Waals surface area contributed by atoms with Crippen LogP contribution in [0.15, 0.2) is 24.3 Å². The molecule has 0 saturated carbocycles. The predicted molar refractivity (Wildman–Crippen MR) is 84.2 cm³/mol. The van der Waals surface area contributed by atoms with Gasteiger partial charge in [-0.25, -0.2) is 13.8 Å². The average Bonchev–Trinajstić information content (AvgIpc) is 2.50. The van der Waals surface area contributed by atoms with Crippen molar-refractivity contribution in [3.63, 3.8) is 0 Å². The summed E-state index contributed by atoms with van der Waals surface area (Å²) in [5.41, 5.74) is 2.43. The second kappa shape index (κ2) is 6.83. The number of alkyl halides is 2. The maximum atomic E-state index is 13.0. The molecular formula is C17H22F2N2. The van der Waals surface area contributed by atoms with Crippen LogP contribution >= 0.6 is 0 Å². The van der Waals surface area contributed by atoms with Crippen molar-refractivity contribution in [1.29, 1.82) is 0 Å². The van der Waals surface area contributed by atoms with E-state index in [0.29, 0.717) is 11.4 Å². The Bertz CT molecular complexity index is 611. The lowest BCUT2D eigenvalue weighted by molar-refractivity contribution is 0.146. The number of hydrogen-bond acceptors (Lipinski definition) is 2. The van der Waals surface area contributed by atoms with Crippen molar-refractivity contribution in [3.05, 3.63) is 35.5 Å². The quantitative estimate of drug-likeness (QED) is 0.759. The lowest BCUT2D eigenvalue weighted by Crippen LogP contribution is -2.03. The minimum absolute atomic E-state index is 0.169. The molecule has 0 bridgehead atoms. The van der Waals surface area contributed by atoms with E-state index in [0.717, 1.165) is 30.5 Å². The highest BCUT2D eigenvalue weighted by Gasteiger charge is 2.14. The first-order valence-electron chi connectivity index (χ1n) is 7.53. The molecular weight excluding hydrogens is 270 g/mol. The van der Waals surface area contributed by atoms with Crippen LogP contribution in [-0.2, 0) is 0 Å². The second-order valence-corrected chi connectivity index (χ2v) is 5.41. The van der Waals surface area contributed by atoms with Gasteiger partial charge in [0.2, 0.25) is 0 Å². The Hall–Kier alpha value is -1.71. The smallest absolute Gasteiger partial charge is 0.280 e. The van der Waals surface area contributed by atoms with Crippen LogP contribution in [0.1, 0.15) is 57.2 Å². The summed E-state index contributed by atoms with van der Waals surface area (Å²) in [7, 11) is 0. The molecule has 0 fully saturated rings. The van der Waals surface area contributed by atoms with E-state index in [1.165, 1.54) is 11.6 Å². The first-order valence-corrected chi connectivity index (χ1v) is 7.53. The van der Waals surface area contributed by atoms with Gasteiger partial charge in [0, 0.05) is 17.6 Å². The number of anilines is 1. The van der Waals surface area contributed by atoms with Gasteiger partial charge >= 0.3 is 0 Å².